The van der Waals surface area contributed by atoms with Gasteiger partial charge in [0.1, 0.15) is 10.6 Å². The van der Waals surface area contributed by atoms with Gasteiger partial charge in [0.2, 0.25) is 5.95 Å². The molecule has 3 atom stereocenters. The minimum Gasteiger partial charge on any atom is -0.366 e. The zero-order chi connectivity index (χ0) is 14.4. The monoisotopic (exact) mass is 303 g/mol. The fraction of sp³-hybridized carbons (Fsp3) is 0.600. The van der Waals surface area contributed by atoms with Crippen molar-refractivity contribution in [1.29, 1.82) is 0 Å². The summed E-state index contributed by atoms with van der Waals surface area (Å²) in [6.45, 7) is 2.17. The highest BCUT2D eigenvalue weighted by Crippen LogP contribution is 2.46. The van der Waals surface area contributed by atoms with Crippen molar-refractivity contribution in [3.8, 4) is 0 Å². The van der Waals surface area contributed by atoms with Crippen LogP contribution in [0.1, 0.15) is 37.5 Å². The molecular formula is C15H21N5S. The van der Waals surface area contributed by atoms with Crippen molar-refractivity contribution in [2.24, 2.45) is 17.7 Å². The van der Waals surface area contributed by atoms with Crippen LogP contribution in [-0.2, 0) is 6.42 Å². The molecule has 4 rings (SSSR count). The molecule has 21 heavy (non-hydrogen) atoms. The molecule has 112 valence electrons. The third-order valence-corrected chi connectivity index (χ3v) is 6.15. The van der Waals surface area contributed by atoms with Crippen molar-refractivity contribution in [3.63, 3.8) is 0 Å². The van der Waals surface area contributed by atoms with Gasteiger partial charge in [0, 0.05) is 10.9 Å². The van der Waals surface area contributed by atoms with E-state index in [9.17, 15) is 0 Å². The Bertz CT molecular complexity index is 667. The third-order valence-electron chi connectivity index (χ3n) is 4.98. The van der Waals surface area contributed by atoms with Gasteiger partial charge in [0.05, 0.1) is 5.39 Å². The fourth-order valence-electron chi connectivity index (χ4n) is 3.92. The number of hydrogen-bond donors (Lipinski definition) is 3. The van der Waals surface area contributed by atoms with Crippen molar-refractivity contribution >= 4 is 33.3 Å². The van der Waals surface area contributed by atoms with Crippen molar-refractivity contribution in [1.82, 2.24) is 9.97 Å². The second-order valence-corrected chi connectivity index (χ2v) is 7.37. The van der Waals surface area contributed by atoms with Crippen LogP contribution in [0.5, 0.6) is 0 Å². The molecule has 2 aliphatic carbocycles. The number of hydrogen-bond acceptors (Lipinski definition) is 6. The van der Waals surface area contributed by atoms with E-state index in [-0.39, 0.29) is 0 Å². The normalized spacial score (nSPS) is 27.4. The zero-order valence-corrected chi connectivity index (χ0v) is 13.0. The van der Waals surface area contributed by atoms with E-state index in [1.165, 1.54) is 30.6 Å². The molecule has 3 unspecified atom stereocenters. The van der Waals surface area contributed by atoms with E-state index < -0.39 is 0 Å². The Labute approximate surface area is 128 Å². The van der Waals surface area contributed by atoms with Crippen molar-refractivity contribution in [3.05, 3.63) is 10.9 Å². The first-order chi connectivity index (χ1) is 10.3. The van der Waals surface area contributed by atoms with Crippen LogP contribution >= 0.6 is 11.3 Å². The number of thiophene rings is 1. The highest BCUT2D eigenvalue weighted by molar-refractivity contribution is 7.18. The van der Waals surface area contributed by atoms with Crippen LogP contribution in [0.3, 0.4) is 0 Å². The topological polar surface area (TPSA) is 75.9 Å². The highest BCUT2D eigenvalue weighted by atomic mass is 32.1. The number of nitrogens with one attached hydrogen (secondary N) is 2. The van der Waals surface area contributed by atoms with Crippen LogP contribution in [-0.4, -0.2) is 16.0 Å². The number of nitrogen functional groups attached to an aromatic ring is 1. The first-order valence-electron chi connectivity index (χ1n) is 7.80. The Morgan fingerprint density at radius 3 is 2.90 bits per heavy atom. The van der Waals surface area contributed by atoms with Gasteiger partial charge < -0.3 is 5.32 Å². The summed E-state index contributed by atoms with van der Waals surface area (Å²) in [6, 6.07) is 2.79. The summed E-state index contributed by atoms with van der Waals surface area (Å²) in [7, 11) is 0. The fourth-order valence-corrected chi connectivity index (χ4v) is 4.88. The largest absolute Gasteiger partial charge is 0.366 e. The SMILES string of the molecule is CCc1cc2c(NC3CC4CCC3C4)nc(NN)nc2s1. The predicted octanol–water partition coefficient (Wildman–Crippen LogP) is 3.14. The second-order valence-electron chi connectivity index (χ2n) is 6.25. The molecule has 2 bridgehead atoms. The molecule has 0 saturated heterocycles. The van der Waals surface area contributed by atoms with E-state index in [1.807, 2.05) is 0 Å². The summed E-state index contributed by atoms with van der Waals surface area (Å²) in [6.07, 6.45) is 6.47. The number of hydrazine groups is 1. The first-order valence-corrected chi connectivity index (χ1v) is 8.62. The summed E-state index contributed by atoms with van der Waals surface area (Å²) in [5.74, 6) is 8.70. The molecule has 2 fully saturated rings. The molecule has 0 radical (unpaired) electrons. The van der Waals surface area contributed by atoms with Crippen molar-refractivity contribution in [2.75, 3.05) is 10.7 Å². The lowest BCUT2D eigenvalue weighted by Crippen LogP contribution is -2.26. The minimum atomic E-state index is 0.498. The van der Waals surface area contributed by atoms with Gasteiger partial charge in [-0.1, -0.05) is 13.3 Å². The average molecular weight is 303 g/mol. The maximum Gasteiger partial charge on any atom is 0.240 e. The van der Waals surface area contributed by atoms with Gasteiger partial charge in [0.25, 0.3) is 0 Å². The van der Waals surface area contributed by atoms with Crippen LogP contribution in [0, 0.1) is 11.8 Å². The molecule has 4 N–H and O–H groups in total. The summed E-state index contributed by atoms with van der Waals surface area (Å²) in [5, 5.41) is 4.83. The van der Waals surface area contributed by atoms with Crippen LogP contribution in [0.25, 0.3) is 10.2 Å². The number of nitrogens with zero attached hydrogens (tertiary/aromatic N) is 2. The van der Waals surface area contributed by atoms with Gasteiger partial charge in [-0.2, -0.15) is 4.98 Å². The Kier molecular flexibility index (Phi) is 3.23. The molecule has 0 amide bonds. The van der Waals surface area contributed by atoms with E-state index in [1.54, 1.807) is 11.3 Å². The Morgan fingerprint density at radius 1 is 1.33 bits per heavy atom. The molecule has 2 aromatic rings. The Morgan fingerprint density at radius 2 is 2.24 bits per heavy atom. The number of nitrogens with two attached hydrogens (primary N) is 1. The second kappa shape index (κ2) is 5.10. The molecular weight excluding hydrogens is 282 g/mol. The summed E-state index contributed by atoms with van der Waals surface area (Å²) >= 11 is 1.73. The van der Waals surface area contributed by atoms with Gasteiger partial charge >= 0.3 is 0 Å². The summed E-state index contributed by atoms with van der Waals surface area (Å²) in [5.41, 5.74) is 2.59. The number of anilines is 2. The van der Waals surface area contributed by atoms with Gasteiger partial charge in [-0.15, -0.1) is 11.3 Å². The van der Waals surface area contributed by atoms with Crippen LogP contribution in [0.2, 0.25) is 0 Å². The minimum absolute atomic E-state index is 0.498. The third kappa shape index (κ3) is 2.26. The number of fused-ring (bicyclic) bond motifs is 3. The van der Waals surface area contributed by atoms with E-state index in [0.29, 0.717) is 12.0 Å². The number of rotatable bonds is 4. The number of aromatic nitrogens is 2. The van der Waals surface area contributed by atoms with Crippen molar-refractivity contribution < 1.29 is 0 Å². The van der Waals surface area contributed by atoms with Crippen LogP contribution < -0.4 is 16.6 Å². The average Bonchev–Trinajstić information content (AvgIpc) is 3.20. The quantitative estimate of drug-likeness (QED) is 0.597. The van der Waals surface area contributed by atoms with E-state index in [0.717, 1.165) is 34.3 Å². The molecule has 5 nitrogen and oxygen atoms in total. The maximum atomic E-state index is 5.52. The van der Waals surface area contributed by atoms with Crippen molar-refractivity contribution in [2.45, 2.75) is 45.1 Å². The zero-order valence-electron chi connectivity index (χ0n) is 12.2. The van der Waals surface area contributed by atoms with E-state index in [4.69, 9.17) is 5.84 Å². The molecule has 0 spiro atoms. The smallest absolute Gasteiger partial charge is 0.240 e. The predicted molar refractivity (Wildman–Crippen MR) is 87.5 cm³/mol. The van der Waals surface area contributed by atoms with E-state index in [2.05, 4.69) is 33.7 Å². The summed E-state index contributed by atoms with van der Waals surface area (Å²) in [4.78, 5) is 11.4. The molecule has 2 aliphatic rings. The lowest BCUT2D eigenvalue weighted by Gasteiger charge is -2.23. The van der Waals surface area contributed by atoms with Gasteiger partial charge in [-0.3, -0.25) is 5.43 Å². The Balaban J connectivity index is 1.70. The lowest BCUT2D eigenvalue weighted by atomic mass is 9.95. The van der Waals surface area contributed by atoms with Gasteiger partial charge in [-0.05, 0) is 43.6 Å². The summed E-state index contributed by atoms with van der Waals surface area (Å²) < 4.78 is 0. The number of aryl methyl sites for hydroxylation is 1. The molecule has 0 aromatic carbocycles. The maximum absolute atomic E-state index is 5.52. The van der Waals surface area contributed by atoms with Crippen LogP contribution in [0.15, 0.2) is 6.07 Å². The highest BCUT2D eigenvalue weighted by Gasteiger charge is 2.39. The van der Waals surface area contributed by atoms with E-state index >= 15 is 0 Å². The lowest BCUT2D eigenvalue weighted by molar-refractivity contribution is 0.439. The molecule has 0 aliphatic heterocycles. The Hall–Kier alpha value is -1.40. The van der Waals surface area contributed by atoms with Gasteiger partial charge in [-0.25, -0.2) is 10.8 Å². The molecule has 2 saturated carbocycles. The molecule has 2 heterocycles. The van der Waals surface area contributed by atoms with Crippen LogP contribution in [0.4, 0.5) is 11.8 Å². The first kappa shape index (κ1) is 13.3. The standard InChI is InChI=1S/C15H21N5S/c1-2-10-7-11-13(18-15(20-16)19-14(11)21-10)17-12-6-8-3-4-9(12)5-8/h7-9,12H,2-6,16H2,1H3,(H2,17,18,19,20). The molecule has 6 heteroatoms. The van der Waals surface area contributed by atoms with Gasteiger partial charge in [0.15, 0.2) is 0 Å². The molecule has 2 aromatic heterocycles.